The van der Waals surface area contributed by atoms with Crippen LogP contribution in [0.25, 0.3) is 0 Å². The summed E-state index contributed by atoms with van der Waals surface area (Å²) in [5.41, 5.74) is 0. The predicted molar refractivity (Wildman–Crippen MR) is 164 cm³/mol. The molecule has 1 unspecified atom stereocenters. The Morgan fingerprint density at radius 2 is 0.429 bits per heavy atom. The van der Waals surface area contributed by atoms with E-state index in [9.17, 15) is 0 Å². The van der Waals surface area contributed by atoms with Crippen LogP contribution in [0.3, 0.4) is 0 Å². The van der Waals surface area contributed by atoms with Gasteiger partial charge in [-0.3, -0.25) is 0 Å². The predicted octanol–water partition coefficient (Wildman–Crippen LogP) is 13.8. The maximum Gasteiger partial charge on any atom is -0.0443 e. The Hall–Kier alpha value is 0. The lowest BCUT2D eigenvalue weighted by Crippen LogP contribution is -1.95. The zero-order chi connectivity index (χ0) is 25.5. The van der Waals surface area contributed by atoms with E-state index in [-0.39, 0.29) is 0 Å². The van der Waals surface area contributed by atoms with E-state index in [2.05, 4.69) is 20.8 Å². The maximum atomic E-state index is 2.51. The van der Waals surface area contributed by atoms with Crippen LogP contribution in [0, 0.1) is 5.92 Å². The second kappa shape index (κ2) is 32.0. The third kappa shape index (κ3) is 32.0. The van der Waals surface area contributed by atoms with Crippen molar-refractivity contribution in [1.29, 1.82) is 0 Å². The fourth-order valence-electron chi connectivity index (χ4n) is 5.70. The normalized spacial score (nSPS) is 12.4. The number of unbranched alkanes of at least 4 members (excludes halogenated alkanes) is 27. The highest BCUT2D eigenvalue weighted by atomic mass is 14.1. The summed E-state index contributed by atoms with van der Waals surface area (Å²) in [6.07, 6.45) is 45.7. The van der Waals surface area contributed by atoms with Crippen molar-refractivity contribution in [2.24, 2.45) is 5.92 Å². The van der Waals surface area contributed by atoms with Gasteiger partial charge >= 0.3 is 0 Å². The molecule has 35 heavy (non-hydrogen) atoms. The minimum atomic E-state index is 0.967. The van der Waals surface area contributed by atoms with Crippen LogP contribution in [0.15, 0.2) is 0 Å². The zero-order valence-corrected chi connectivity index (χ0v) is 25.5. The van der Waals surface area contributed by atoms with Crippen molar-refractivity contribution in [3.05, 3.63) is 0 Å². The van der Waals surface area contributed by atoms with Crippen LogP contribution < -0.4 is 0 Å². The molecule has 0 saturated carbocycles. The van der Waals surface area contributed by atoms with E-state index < -0.39 is 0 Å². The van der Waals surface area contributed by atoms with E-state index >= 15 is 0 Å². The monoisotopic (exact) mass is 493 g/mol. The van der Waals surface area contributed by atoms with E-state index in [1.54, 1.807) is 0 Å². The van der Waals surface area contributed by atoms with Crippen LogP contribution in [0.2, 0.25) is 0 Å². The second-order valence-corrected chi connectivity index (χ2v) is 12.2. The van der Waals surface area contributed by atoms with Gasteiger partial charge in [0, 0.05) is 0 Å². The molecule has 0 rings (SSSR count). The Balaban J connectivity index is 3.13. The Kier molecular flexibility index (Phi) is 32.0. The first-order valence-corrected chi connectivity index (χ1v) is 17.3. The van der Waals surface area contributed by atoms with Crippen molar-refractivity contribution in [2.45, 2.75) is 220 Å². The van der Waals surface area contributed by atoms with Gasteiger partial charge in [-0.05, 0) is 5.92 Å². The lowest BCUT2D eigenvalue weighted by atomic mass is 9.95. The molecular weight excluding hydrogens is 420 g/mol. The molecule has 0 amide bonds. The molecule has 0 heterocycles. The fourth-order valence-corrected chi connectivity index (χ4v) is 5.70. The topological polar surface area (TPSA) is 0 Å². The lowest BCUT2D eigenvalue weighted by molar-refractivity contribution is 0.429. The van der Waals surface area contributed by atoms with E-state index in [1.165, 1.54) is 199 Å². The van der Waals surface area contributed by atoms with Gasteiger partial charge in [-0.2, -0.15) is 0 Å². The van der Waals surface area contributed by atoms with Gasteiger partial charge in [0.15, 0.2) is 0 Å². The number of rotatable bonds is 31. The first kappa shape index (κ1) is 35.0. The molecule has 0 bridgehead atoms. The largest absolute Gasteiger partial charge is 0.0654 e. The molecule has 0 aromatic carbocycles. The van der Waals surface area contributed by atoms with Crippen molar-refractivity contribution in [1.82, 2.24) is 0 Å². The summed E-state index contributed by atoms with van der Waals surface area (Å²) in [5.74, 6) is 0.967. The number of hydrogen-bond acceptors (Lipinski definition) is 0. The van der Waals surface area contributed by atoms with Gasteiger partial charge in [0.1, 0.15) is 0 Å². The smallest absolute Gasteiger partial charge is 0.0443 e. The molecule has 0 fully saturated rings. The molecule has 0 aromatic heterocycles. The second-order valence-electron chi connectivity index (χ2n) is 12.2. The van der Waals surface area contributed by atoms with Crippen LogP contribution >= 0.6 is 0 Å². The molecule has 0 aliphatic carbocycles. The Morgan fingerprint density at radius 3 is 0.629 bits per heavy atom. The van der Waals surface area contributed by atoms with Crippen LogP contribution in [-0.2, 0) is 0 Å². The van der Waals surface area contributed by atoms with Gasteiger partial charge in [0.2, 0.25) is 0 Å². The van der Waals surface area contributed by atoms with Gasteiger partial charge in [0.25, 0.3) is 0 Å². The average molecular weight is 493 g/mol. The first-order chi connectivity index (χ1) is 17.3. The fraction of sp³-hybridized carbons (Fsp3) is 1.00. The van der Waals surface area contributed by atoms with Gasteiger partial charge in [-0.15, -0.1) is 0 Å². The summed E-state index contributed by atoms with van der Waals surface area (Å²) in [6, 6.07) is 0. The van der Waals surface area contributed by atoms with Crippen LogP contribution in [0.1, 0.15) is 220 Å². The third-order valence-corrected chi connectivity index (χ3v) is 8.35. The van der Waals surface area contributed by atoms with E-state index in [4.69, 9.17) is 0 Å². The first-order valence-electron chi connectivity index (χ1n) is 17.3. The van der Waals surface area contributed by atoms with Gasteiger partial charge in [0.05, 0.1) is 0 Å². The molecular formula is C35H72. The quantitative estimate of drug-likeness (QED) is 0.0844. The third-order valence-electron chi connectivity index (χ3n) is 8.35. The Bertz CT molecular complexity index is 346. The van der Waals surface area contributed by atoms with Crippen molar-refractivity contribution >= 4 is 0 Å². The van der Waals surface area contributed by atoms with E-state index in [0.717, 1.165) is 5.92 Å². The summed E-state index contributed by atoms with van der Waals surface area (Å²) in [7, 11) is 0. The van der Waals surface area contributed by atoms with Crippen LogP contribution in [-0.4, -0.2) is 0 Å². The van der Waals surface area contributed by atoms with Gasteiger partial charge < -0.3 is 0 Å². The minimum absolute atomic E-state index is 0.967. The molecule has 0 saturated heterocycles. The van der Waals surface area contributed by atoms with Crippen molar-refractivity contribution in [3.63, 3.8) is 0 Å². The van der Waals surface area contributed by atoms with Crippen molar-refractivity contribution in [3.8, 4) is 0 Å². The number of hydrogen-bond donors (Lipinski definition) is 0. The summed E-state index contributed by atoms with van der Waals surface area (Å²) in [6.45, 7) is 7.12. The molecule has 0 spiro atoms. The van der Waals surface area contributed by atoms with Gasteiger partial charge in [-0.1, -0.05) is 220 Å². The SMILES string of the molecule is CCCCCCCCCCCCCCCCCC(C)CCCCCCCCCCCCCCCC. The maximum absolute atomic E-state index is 2.51. The summed E-state index contributed by atoms with van der Waals surface area (Å²) in [5, 5.41) is 0. The van der Waals surface area contributed by atoms with E-state index in [1.807, 2.05) is 0 Å². The lowest BCUT2D eigenvalue weighted by Gasteiger charge is -2.11. The molecule has 0 heteroatoms. The minimum Gasteiger partial charge on any atom is -0.0654 e. The van der Waals surface area contributed by atoms with Crippen molar-refractivity contribution in [2.75, 3.05) is 0 Å². The average Bonchev–Trinajstić information content (AvgIpc) is 2.86. The highest BCUT2D eigenvalue weighted by molar-refractivity contribution is 4.56. The Morgan fingerprint density at radius 1 is 0.257 bits per heavy atom. The zero-order valence-electron chi connectivity index (χ0n) is 25.5. The van der Waals surface area contributed by atoms with Crippen LogP contribution in [0.5, 0.6) is 0 Å². The van der Waals surface area contributed by atoms with E-state index in [0.29, 0.717) is 0 Å². The summed E-state index contributed by atoms with van der Waals surface area (Å²) < 4.78 is 0. The molecule has 0 aliphatic rings. The molecule has 0 N–H and O–H groups in total. The summed E-state index contributed by atoms with van der Waals surface area (Å²) in [4.78, 5) is 0. The highest BCUT2D eigenvalue weighted by Crippen LogP contribution is 2.19. The molecule has 0 aliphatic heterocycles. The molecule has 0 radical (unpaired) electrons. The van der Waals surface area contributed by atoms with Crippen molar-refractivity contribution < 1.29 is 0 Å². The standard InChI is InChI=1S/C35H72/c1-4-6-8-10-12-14-16-18-20-22-24-26-28-30-32-34-35(3)33-31-29-27-25-23-21-19-17-15-13-11-9-7-5-2/h35H,4-34H2,1-3H3. The molecule has 0 aromatic rings. The van der Waals surface area contributed by atoms with Gasteiger partial charge in [-0.25, -0.2) is 0 Å². The highest BCUT2D eigenvalue weighted by Gasteiger charge is 2.02. The summed E-state index contributed by atoms with van der Waals surface area (Å²) >= 11 is 0. The molecule has 212 valence electrons. The van der Waals surface area contributed by atoms with Crippen LogP contribution in [0.4, 0.5) is 0 Å². The molecule has 0 nitrogen and oxygen atoms in total. The Labute approximate surface area is 225 Å². The molecule has 1 atom stereocenters.